The van der Waals surface area contributed by atoms with Gasteiger partial charge >= 0.3 is 18.0 Å². The first-order valence-electron chi connectivity index (χ1n) is 8.15. The van der Waals surface area contributed by atoms with Crippen LogP contribution in [0.25, 0.3) is 0 Å². The predicted molar refractivity (Wildman–Crippen MR) is 87.8 cm³/mol. The molecule has 1 N–H and O–H groups in total. The summed E-state index contributed by atoms with van der Waals surface area (Å²) in [6, 6.07) is 3.94. The molecule has 2 atom stereocenters. The van der Waals surface area contributed by atoms with Crippen molar-refractivity contribution in [1.29, 1.82) is 0 Å². The molecule has 146 valence electrons. The van der Waals surface area contributed by atoms with Crippen molar-refractivity contribution < 1.29 is 37.3 Å². The zero-order chi connectivity index (χ0) is 20.1. The normalized spacial score (nSPS) is 15.1. The first-order valence-corrected chi connectivity index (χ1v) is 8.15. The number of hydrogen-bond donors (Lipinski definition) is 1. The van der Waals surface area contributed by atoms with E-state index in [2.05, 4.69) is 4.74 Å². The molecule has 0 bridgehead atoms. The number of rotatable bonds is 8. The highest BCUT2D eigenvalue weighted by molar-refractivity contribution is 5.92. The van der Waals surface area contributed by atoms with Crippen LogP contribution in [0.5, 0.6) is 5.75 Å². The Balaban J connectivity index is 2.87. The average molecular weight is 376 g/mol. The largest absolute Gasteiger partial charge is 0.430 e. The van der Waals surface area contributed by atoms with Crippen LogP contribution in [0.15, 0.2) is 18.2 Å². The molecule has 0 radical (unpaired) electrons. The van der Waals surface area contributed by atoms with Crippen LogP contribution in [0.3, 0.4) is 0 Å². The maximum absolute atomic E-state index is 13.0. The molecule has 8 heteroatoms. The molecule has 1 rings (SSSR count). The maximum Gasteiger partial charge on any atom is 0.427 e. The minimum atomic E-state index is -3.94. The van der Waals surface area contributed by atoms with Crippen LogP contribution in [-0.4, -0.2) is 35.4 Å². The van der Waals surface area contributed by atoms with Gasteiger partial charge in [0.1, 0.15) is 5.75 Å². The van der Waals surface area contributed by atoms with Gasteiger partial charge in [-0.05, 0) is 44.4 Å². The molecule has 0 fully saturated rings. The number of aliphatic hydroxyl groups is 1. The van der Waals surface area contributed by atoms with Crippen molar-refractivity contribution >= 4 is 11.9 Å². The lowest BCUT2D eigenvalue weighted by molar-refractivity contribution is -0.186. The van der Waals surface area contributed by atoms with E-state index >= 15 is 0 Å². The van der Waals surface area contributed by atoms with Gasteiger partial charge in [-0.1, -0.05) is 25.5 Å². The number of carbonyl (C=O) groups is 2. The van der Waals surface area contributed by atoms with Crippen LogP contribution in [-0.2, 0) is 14.3 Å². The quantitative estimate of drug-likeness (QED) is 0.554. The maximum atomic E-state index is 13.0. The molecule has 0 saturated heterocycles. The molecule has 5 nitrogen and oxygen atoms in total. The van der Waals surface area contributed by atoms with E-state index in [1.807, 2.05) is 0 Å². The number of esters is 2. The molecule has 1 aromatic carbocycles. The molecular weight excluding hydrogens is 353 g/mol. The third kappa shape index (κ3) is 5.72. The van der Waals surface area contributed by atoms with E-state index in [-0.39, 0.29) is 17.7 Å². The van der Waals surface area contributed by atoms with Gasteiger partial charge < -0.3 is 14.6 Å². The molecular formula is C18H23F3O5. The Labute approximate surface area is 150 Å². The van der Waals surface area contributed by atoms with E-state index in [0.29, 0.717) is 12.0 Å². The number of ether oxygens (including phenoxy) is 2. The zero-order valence-corrected chi connectivity index (χ0v) is 15.1. The Bertz CT molecular complexity index is 658. The number of carbonyl (C=O) groups excluding carboxylic acids is 2. The summed E-state index contributed by atoms with van der Waals surface area (Å²) >= 11 is 0. The van der Waals surface area contributed by atoms with Gasteiger partial charge in [-0.2, -0.15) is 8.78 Å². The van der Waals surface area contributed by atoms with Crippen LogP contribution < -0.4 is 4.74 Å². The van der Waals surface area contributed by atoms with Gasteiger partial charge in [-0.3, -0.25) is 4.79 Å². The molecule has 0 aliphatic heterocycles. The second-order valence-electron chi connectivity index (χ2n) is 6.35. The fourth-order valence-corrected chi connectivity index (χ4v) is 2.26. The topological polar surface area (TPSA) is 72.8 Å². The van der Waals surface area contributed by atoms with Crippen molar-refractivity contribution in [2.45, 2.75) is 58.2 Å². The molecule has 0 aromatic heterocycles. The first-order chi connectivity index (χ1) is 11.9. The monoisotopic (exact) mass is 376 g/mol. The van der Waals surface area contributed by atoms with Crippen molar-refractivity contribution in [3.63, 3.8) is 0 Å². The average Bonchev–Trinajstić information content (AvgIpc) is 2.55. The second-order valence-corrected chi connectivity index (χ2v) is 6.35. The van der Waals surface area contributed by atoms with Gasteiger partial charge in [0.25, 0.3) is 0 Å². The Morgan fingerprint density at radius 3 is 2.42 bits per heavy atom. The summed E-state index contributed by atoms with van der Waals surface area (Å²) in [5.41, 5.74) is -1.11. The summed E-state index contributed by atoms with van der Waals surface area (Å²) in [6.07, 6.45) is -3.27. The van der Waals surface area contributed by atoms with Crippen molar-refractivity contribution in [3.05, 3.63) is 29.3 Å². The zero-order valence-electron chi connectivity index (χ0n) is 15.1. The van der Waals surface area contributed by atoms with Gasteiger partial charge in [0.2, 0.25) is 0 Å². The second kappa shape index (κ2) is 8.53. The number of aryl methyl sites for hydroxylation is 1. The summed E-state index contributed by atoms with van der Waals surface area (Å²) < 4.78 is 47.2. The summed E-state index contributed by atoms with van der Waals surface area (Å²) in [7, 11) is 0. The fourth-order valence-electron chi connectivity index (χ4n) is 2.26. The Hall–Kier alpha value is -2.09. The highest BCUT2D eigenvalue weighted by atomic mass is 19.3. The van der Waals surface area contributed by atoms with Crippen molar-refractivity contribution in [1.82, 2.24) is 0 Å². The molecule has 0 amide bonds. The van der Waals surface area contributed by atoms with Crippen molar-refractivity contribution in [2.24, 2.45) is 0 Å². The Morgan fingerprint density at radius 2 is 1.92 bits per heavy atom. The van der Waals surface area contributed by atoms with Crippen LogP contribution in [0.4, 0.5) is 13.2 Å². The molecule has 0 aliphatic rings. The van der Waals surface area contributed by atoms with E-state index < -0.39 is 36.2 Å². The fraction of sp³-hybridized carbons (Fsp3) is 0.556. The van der Waals surface area contributed by atoms with E-state index in [0.717, 1.165) is 0 Å². The first kappa shape index (κ1) is 22.0. The molecule has 0 saturated carbocycles. The molecule has 0 spiro atoms. The minimum Gasteiger partial charge on any atom is -0.430 e. The van der Waals surface area contributed by atoms with Gasteiger partial charge in [0, 0.05) is 0 Å². The highest BCUT2D eigenvalue weighted by Crippen LogP contribution is 2.29. The van der Waals surface area contributed by atoms with Crippen molar-refractivity contribution in [2.75, 3.05) is 6.67 Å². The minimum absolute atomic E-state index is 0.140. The van der Waals surface area contributed by atoms with Crippen LogP contribution in [0.2, 0.25) is 0 Å². The number of hydrogen-bond acceptors (Lipinski definition) is 5. The van der Waals surface area contributed by atoms with Gasteiger partial charge in [0.05, 0.1) is 5.92 Å². The van der Waals surface area contributed by atoms with E-state index in [9.17, 15) is 27.9 Å². The molecule has 0 aliphatic carbocycles. The van der Waals surface area contributed by atoms with Gasteiger partial charge in [-0.25, -0.2) is 9.18 Å². The molecule has 1 aromatic rings. The van der Waals surface area contributed by atoms with E-state index in [1.165, 1.54) is 39.0 Å². The summed E-state index contributed by atoms with van der Waals surface area (Å²) in [5, 5.41) is 9.95. The SMILES string of the molecule is CCCC(C)(O)C(=O)OC(=O)C(C)c1ccc(OC(F)(F)CF)c(C)c1. The predicted octanol–water partition coefficient (Wildman–Crippen LogP) is 3.66. The van der Waals surface area contributed by atoms with Gasteiger partial charge in [-0.15, -0.1) is 0 Å². The molecule has 2 unspecified atom stereocenters. The van der Waals surface area contributed by atoms with Crippen LogP contribution in [0, 0.1) is 6.92 Å². The van der Waals surface area contributed by atoms with E-state index in [1.54, 1.807) is 6.92 Å². The van der Waals surface area contributed by atoms with E-state index in [4.69, 9.17) is 4.74 Å². The third-order valence-corrected chi connectivity index (χ3v) is 3.84. The smallest absolute Gasteiger partial charge is 0.427 e. The number of alkyl halides is 3. The molecule has 26 heavy (non-hydrogen) atoms. The van der Waals surface area contributed by atoms with Crippen LogP contribution in [0.1, 0.15) is 50.7 Å². The molecule has 0 heterocycles. The number of benzene rings is 1. The lowest BCUT2D eigenvalue weighted by Crippen LogP contribution is -2.38. The summed E-state index contributed by atoms with van der Waals surface area (Å²) in [4.78, 5) is 24.0. The lowest BCUT2D eigenvalue weighted by atomic mass is 9.98. The highest BCUT2D eigenvalue weighted by Gasteiger charge is 2.35. The summed E-state index contributed by atoms with van der Waals surface area (Å²) in [5.74, 6) is -3.03. The Morgan fingerprint density at radius 1 is 1.31 bits per heavy atom. The third-order valence-electron chi connectivity index (χ3n) is 3.84. The number of halogens is 3. The van der Waals surface area contributed by atoms with Crippen molar-refractivity contribution in [3.8, 4) is 5.75 Å². The Kier molecular flexibility index (Phi) is 7.20. The van der Waals surface area contributed by atoms with Crippen LogP contribution >= 0.6 is 0 Å². The van der Waals surface area contributed by atoms with Gasteiger partial charge in [0.15, 0.2) is 12.3 Å². The standard InChI is InChI=1S/C18H23F3O5/c1-5-8-17(4,24)16(23)25-15(22)12(3)13-6-7-14(11(2)9-13)26-18(20,21)10-19/h6-7,9,12,24H,5,8,10H2,1-4H3. The summed E-state index contributed by atoms with van der Waals surface area (Å²) in [6.45, 7) is 4.00. The lowest BCUT2D eigenvalue weighted by Gasteiger charge is -2.21.